The second-order valence-electron chi connectivity index (χ2n) is 4.58. The Morgan fingerprint density at radius 3 is 2.42 bits per heavy atom. The Kier molecular flexibility index (Phi) is 4.53. The lowest BCUT2D eigenvalue weighted by Gasteiger charge is -2.09. The highest BCUT2D eigenvalue weighted by Crippen LogP contribution is 2.16. The Hall–Kier alpha value is -1.87. The van der Waals surface area contributed by atoms with Crippen molar-refractivity contribution in [1.29, 1.82) is 0 Å². The van der Waals surface area contributed by atoms with Crippen molar-refractivity contribution >= 4 is 0 Å². The van der Waals surface area contributed by atoms with Gasteiger partial charge in [-0.3, -0.25) is 0 Å². The normalized spacial score (nSPS) is 12.2. The van der Waals surface area contributed by atoms with Crippen molar-refractivity contribution in [1.82, 2.24) is 0 Å². The van der Waals surface area contributed by atoms with Gasteiger partial charge in [-0.05, 0) is 37.1 Å². The number of benzene rings is 2. The summed E-state index contributed by atoms with van der Waals surface area (Å²) >= 11 is 0. The van der Waals surface area contributed by atoms with E-state index in [-0.39, 0.29) is 18.5 Å². The van der Waals surface area contributed by atoms with Crippen molar-refractivity contribution in [2.45, 2.75) is 26.1 Å². The van der Waals surface area contributed by atoms with Crippen LogP contribution < -0.4 is 4.74 Å². The molecule has 2 rings (SSSR count). The summed E-state index contributed by atoms with van der Waals surface area (Å²) in [5, 5.41) is 9.28. The second-order valence-corrected chi connectivity index (χ2v) is 4.58. The Labute approximate surface area is 112 Å². The predicted molar refractivity (Wildman–Crippen MR) is 72.6 cm³/mol. The van der Waals surface area contributed by atoms with Gasteiger partial charge in [0.15, 0.2) is 0 Å². The molecule has 2 nitrogen and oxygen atoms in total. The summed E-state index contributed by atoms with van der Waals surface area (Å²) in [7, 11) is 0. The van der Waals surface area contributed by atoms with Gasteiger partial charge in [-0.25, -0.2) is 4.39 Å². The van der Waals surface area contributed by atoms with Gasteiger partial charge in [0.25, 0.3) is 0 Å². The molecular weight excluding hydrogens is 243 g/mol. The third-order valence-corrected chi connectivity index (χ3v) is 2.81. The Bertz CT molecular complexity index is 521. The number of aliphatic hydroxyl groups excluding tert-OH is 1. The van der Waals surface area contributed by atoms with E-state index in [1.165, 1.54) is 6.07 Å². The van der Waals surface area contributed by atoms with Gasteiger partial charge in [0, 0.05) is 5.56 Å². The van der Waals surface area contributed by atoms with Crippen molar-refractivity contribution in [3.05, 3.63) is 65.5 Å². The zero-order valence-corrected chi connectivity index (χ0v) is 10.8. The molecule has 100 valence electrons. The molecule has 0 heterocycles. The maximum absolute atomic E-state index is 13.4. The topological polar surface area (TPSA) is 29.5 Å². The minimum absolute atomic E-state index is 0.211. The lowest BCUT2D eigenvalue weighted by Crippen LogP contribution is -2.04. The molecule has 2 aromatic carbocycles. The highest BCUT2D eigenvalue weighted by atomic mass is 19.1. The van der Waals surface area contributed by atoms with E-state index >= 15 is 0 Å². The summed E-state index contributed by atoms with van der Waals surface area (Å²) in [5.41, 5.74) is 1.59. The van der Waals surface area contributed by atoms with Crippen LogP contribution in [0.15, 0.2) is 48.5 Å². The van der Waals surface area contributed by atoms with E-state index in [1.807, 2.05) is 24.3 Å². The summed E-state index contributed by atoms with van der Waals surface area (Å²) in [5.74, 6) is 0.436. The molecule has 19 heavy (non-hydrogen) atoms. The zero-order chi connectivity index (χ0) is 13.7. The number of hydrogen-bond acceptors (Lipinski definition) is 2. The van der Waals surface area contributed by atoms with Crippen LogP contribution in [0.2, 0.25) is 0 Å². The van der Waals surface area contributed by atoms with Crippen LogP contribution >= 0.6 is 0 Å². The standard InChI is InChI=1S/C16H17FO2/c1-12(18)10-13-6-8-15(9-7-13)19-11-14-4-2-3-5-16(14)17/h2-9,12,18H,10-11H2,1H3. The van der Waals surface area contributed by atoms with Crippen LogP contribution in [0.25, 0.3) is 0 Å². The van der Waals surface area contributed by atoms with Gasteiger partial charge in [0.2, 0.25) is 0 Å². The first kappa shape index (κ1) is 13.6. The molecule has 2 aromatic rings. The largest absolute Gasteiger partial charge is 0.489 e. The second kappa shape index (κ2) is 6.34. The van der Waals surface area contributed by atoms with E-state index in [2.05, 4.69) is 0 Å². The molecule has 1 N–H and O–H groups in total. The van der Waals surface area contributed by atoms with E-state index < -0.39 is 0 Å². The van der Waals surface area contributed by atoms with E-state index in [0.29, 0.717) is 17.7 Å². The van der Waals surface area contributed by atoms with E-state index in [0.717, 1.165) is 5.56 Å². The minimum atomic E-state index is -0.356. The van der Waals surface area contributed by atoms with Gasteiger partial charge in [-0.1, -0.05) is 30.3 Å². The monoisotopic (exact) mass is 260 g/mol. The molecule has 0 aliphatic heterocycles. The van der Waals surface area contributed by atoms with E-state index in [1.54, 1.807) is 25.1 Å². The fourth-order valence-electron chi connectivity index (χ4n) is 1.84. The molecule has 0 spiro atoms. The minimum Gasteiger partial charge on any atom is -0.489 e. The van der Waals surface area contributed by atoms with Crippen molar-refractivity contribution in [3.63, 3.8) is 0 Å². The summed E-state index contributed by atoms with van der Waals surface area (Å²) in [4.78, 5) is 0. The van der Waals surface area contributed by atoms with Crippen molar-refractivity contribution in [2.24, 2.45) is 0 Å². The van der Waals surface area contributed by atoms with E-state index in [9.17, 15) is 9.50 Å². The van der Waals surface area contributed by atoms with Crippen LogP contribution in [0.4, 0.5) is 4.39 Å². The fourth-order valence-corrected chi connectivity index (χ4v) is 1.84. The summed E-state index contributed by atoms with van der Waals surface area (Å²) in [6.07, 6.45) is 0.262. The molecule has 0 radical (unpaired) electrons. The first-order valence-corrected chi connectivity index (χ1v) is 6.28. The number of hydrogen-bond donors (Lipinski definition) is 1. The number of halogens is 1. The third kappa shape index (κ3) is 4.07. The maximum Gasteiger partial charge on any atom is 0.129 e. The molecule has 3 heteroatoms. The number of ether oxygens (including phenoxy) is 1. The van der Waals surface area contributed by atoms with Crippen molar-refractivity contribution in [2.75, 3.05) is 0 Å². The Morgan fingerprint density at radius 1 is 1.11 bits per heavy atom. The van der Waals surface area contributed by atoms with Crippen molar-refractivity contribution in [3.8, 4) is 5.75 Å². The maximum atomic E-state index is 13.4. The lowest BCUT2D eigenvalue weighted by atomic mass is 10.1. The van der Waals surface area contributed by atoms with Gasteiger partial charge < -0.3 is 9.84 Å². The zero-order valence-electron chi connectivity index (χ0n) is 10.8. The molecule has 1 unspecified atom stereocenters. The Balaban J connectivity index is 1.95. The van der Waals surface area contributed by atoms with Gasteiger partial charge in [-0.2, -0.15) is 0 Å². The molecule has 1 atom stereocenters. The summed E-state index contributed by atoms with van der Waals surface area (Å²) < 4.78 is 18.9. The van der Waals surface area contributed by atoms with Gasteiger partial charge >= 0.3 is 0 Å². The quantitative estimate of drug-likeness (QED) is 0.893. The molecule has 0 aromatic heterocycles. The predicted octanol–water partition coefficient (Wildman–Crippen LogP) is 3.33. The number of rotatable bonds is 5. The highest BCUT2D eigenvalue weighted by Gasteiger charge is 2.03. The molecule has 0 fully saturated rings. The van der Waals surface area contributed by atoms with E-state index in [4.69, 9.17) is 4.74 Å². The van der Waals surface area contributed by atoms with Crippen LogP contribution in [0.1, 0.15) is 18.1 Å². The van der Waals surface area contributed by atoms with Crippen LogP contribution in [-0.4, -0.2) is 11.2 Å². The molecular formula is C16H17FO2. The molecule has 0 saturated carbocycles. The average molecular weight is 260 g/mol. The molecule has 0 aliphatic rings. The molecule has 0 saturated heterocycles. The fraction of sp³-hybridized carbons (Fsp3) is 0.250. The first-order valence-electron chi connectivity index (χ1n) is 6.28. The van der Waals surface area contributed by atoms with Gasteiger partial charge in [0.05, 0.1) is 6.10 Å². The summed E-state index contributed by atoms with van der Waals surface area (Å²) in [6.45, 7) is 1.96. The smallest absolute Gasteiger partial charge is 0.129 e. The average Bonchev–Trinajstić information content (AvgIpc) is 2.39. The van der Waals surface area contributed by atoms with Gasteiger partial charge in [-0.15, -0.1) is 0 Å². The van der Waals surface area contributed by atoms with Crippen molar-refractivity contribution < 1.29 is 14.2 Å². The highest BCUT2D eigenvalue weighted by molar-refractivity contribution is 5.28. The third-order valence-electron chi connectivity index (χ3n) is 2.81. The van der Waals surface area contributed by atoms with Crippen LogP contribution in [0.5, 0.6) is 5.75 Å². The van der Waals surface area contributed by atoms with Gasteiger partial charge in [0.1, 0.15) is 18.2 Å². The molecule has 0 amide bonds. The SMILES string of the molecule is CC(O)Cc1ccc(OCc2ccccc2F)cc1. The first-order chi connectivity index (χ1) is 9.15. The van der Waals surface area contributed by atoms with Crippen LogP contribution in [0.3, 0.4) is 0 Å². The number of aliphatic hydroxyl groups is 1. The molecule has 0 bridgehead atoms. The lowest BCUT2D eigenvalue weighted by molar-refractivity contribution is 0.195. The van der Waals surface area contributed by atoms with Crippen LogP contribution in [-0.2, 0) is 13.0 Å². The molecule has 0 aliphatic carbocycles. The van der Waals surface area contributed by atoms with Crippen LogP contribution in [0, 0.1) is 5.82 Å². The summed E-state index contributed by atoms with van der Waals surface area (Å²) in [6, 6.07) is 14.0. The Morgan fingerprint density at radius 2 is 1.79 bits per heavy atom.